The van der Waals surface area contributed by atoms with Gasteiger partial charge in [-0.1, -0.05) is 77.9 Å². The molecule has 150 valence electrons. The molecule has 0 radical (unpaired) electrons. The molecule has 0 bridgehead atoms. The Morgan fingerprint density at radius 2 is 1.48 bits per heavy atom. The molecule has 0 aliphatic heterocycles. The van der Waals surface area contributed by atoms with E-state index in [1.54, 1.807) is 0 Å². The zero-order valence-electron chi connectivity index (χ0n) is 17.3. The molecule has 0 aromatic heterocycles. The summed E-state index contributed by atoms with van der Waals surface area (Å²) < 4.78 is 0. The molecule has 0 spiro atoms. The van der Waals surface area contributed by atoms with Crippen LogP contribution in [0.2, 0.25) is 0 Å². The van der Waals surface area contributed by atoms with E-state index in [0.29, 0.717) is 12.0 Å². The molecule has 27 heavy (non-hydrogen) atoms. The van der Waals surface area contributed by atoms with Crippen LogP contribution in [0.15, 0.2) is 42.5 Å². The average Bonchev–Trinajstić information content (AvgIpc) is 2.53. The van der Waals surface area contributed by atoms with Crippen molar-refractivity contribution >= 4 is 12.4 Å². The number of rotatable bonds is 4. The monoisotopic (exact) mass is 391 g/mol. The van der Waals surface area contributed by atoms with E-state index in [-0.39, 0.29) is 29.0 Å². The molecule has 0 aliphatic carbocycles. The number of aromatic hydroxyl groups is 1. The molecule has 3 nitrogen and oxygen atoms in total. The van der Waals surface area contributed by atoms with Gasteiger partial charge in [0.2, 0.25) is 0 Å². The van der Waals surface area contributed by atoms with Gasteiger partial charge in [0.25, 0.3) is 0 Å². The summed E-state index contributed by atoms with van der Waals surface area (Å²) in [6, 6.07) is 13.2. The smallest absolute Gasteiger partial charge is 0.124 e. The minimum atomic E-state index is -0.772. The van der Waals surface area contributed by atoms with Gasteiger partial charge in [0.05, 0.1) is 12.1 Å². The molecule has 0 aliphatic rings. The molecular formula is C23H34ClNO2. The van der Waals surface area contributed by atoms with Gasteiger partial charge in [-0.25, -0.2) is 0 Å². The molecule has 0 amide bonds. The summed E-state index contributed by atoms with van der Waals surface area (Å²) in [5.41, 5.74) is 9.72. The Hall–Kier alpha value is -1.55. The van der Waals surface area contributed by atoms with Crippen LogP contribution in [0.25, 0.3) is 0 Å². The fraction of sp³-hybridized carbons (Fsp3) is 0.478. The highest BCUT2D eigenvalue weighted by Crippen LogP contribution is 2.40. The van der Waals surface area contributed by atoms with Crippen LogP contribution in [0.3, 0.4) is 0 Å². The fourth-order valence-electron chi connectivity index (χ4n) is 3.11. The molecule has 2 aromatic rings. The first-order chi connectivity index (χ1) is 11.9. The van der Waals surface area contributed by atoms with Crippen molar-refractivity contribution in [3.63, 3.8) is 0 Å². The summed E-state index contributed by atoms with van der Waals surface area (Å²) >= 11 is 0. The number of aliphatic hydroxyl groups excluding tert-OH is 1. The predicted octanol–water partition coefficient (Wildman–Crippen LogP) is 5.01. The third-order valence-electron chi connectivity index (χ3n) is 4.87. The maximum atomic E-state index is 10.9. The Balaban J connectivity index is 0.00000364. The minimum absolute atomic E-state index is 0. The predicted molar refractivity (Wildman–Crippen MR) is 116 cm³/mol. The van der Waals surface area contributed by atoms with E-state index in [2.05, 4.69) is 47.6 Å². The summed E-state index contributed by atoms with van der Waals surface area (Å²) in [7, 11) is 0. The van der Waals surface area contributed by atoms with Crippen LogP contribution in [0.5, 0.6) is 5.75 Å². The molecule has 2 atom stereocenters. The molecule has 0 fully saturated rings. The van der Waals surface area contributed by atoms with Gasteiger partial charge in [-0.2, -0.15) is 0 Å². The second kappa shape index (κ2) is 8.64. The molecular weight excluding hydrogens is 358 g/mol. The molecule has 4 N–H and O–H groups in total. The van der Waals surface area contributed by atoms with Crippen molar-refractivity contribution in [2.24, 2.45) is 5.73 Å². The standard InChI is InChI=1S/C23H33NO2.ClH/c1-22(2,3)16-13-17(21(26)18(14-16)23(4,5)6)20(24)19(25)12-15-10-8-7-9-11-15;/h7-11,13-14,19-20,25-26H,12,24H2,1-6H3;1H/t19-,20+;/m0./s1. The Morgan fingerprint density at radius 3 is 1.96 bits per heavy atom. The largest absolute Gasteiger partial charge is 0.507 e. The molecule has 0 unspecified atom stereocenters. The number of halogens is 1. The van der Waals surface area contributed by atoms with Crippen LogP contribution in [0, 0.1) is 0 Å². The maximum Gasteiger partial charge on any atom is 0.124 e. The van der Waals surface area contributed by atoms with Crippen molar-refractivity contribution < 1.29 is 10.2 Å². The van der Waals surface area contributed by atoms with Gasteiger partial charge >= 0.3 is 0 Å². The number of phenols is 1. The number of benzene rings is 2. The van der Waals surface area contributed by atoms with Crippen molar-refractivity contribution in [1.29, 1.82) is 0 Å². The zero-order chi connectivity index (χ0) is 19.7. The van der Waals surface area contributed by atoms with E-state index in [4.69, 9.17) is 5.73 Å². The van der Waals surface area contributed by atoms with Crippen LogP contribution in [0.1, 0.15) is 69.8 Å². The van der Waals surface area contributed by atoms with Crippen LogP contribution in [-0.2, 0) is 17.3 Å². The Morgan fingerprint density at radius 1 is 0.926 bits per heavy atom. The number of hydrogen-bond acceptors (Lipinski definition) is 3. The Labute approximate surface area is 170 Å². The maximum absolute atomic E-state index is 10.9. The summed E-state index contributed by atoms with van der Waals surface area (Å²) in [5, 5.41) is 21.6. The van der Waals surface area contributed by atoms with Crippen molar-refractivity contribution in [3.8, 4) is 5.75 Å². The number of hydrogen-bond donors (Lipinski definition) is 3. The van der Waals surface area contributed by atoms with Crippen molar-refractivity contribution in [3.05, 3.63) is 64.7 Å². The van der Waals surface area contributed by atoms with E-state index in [0.717, 1.165) is 16.7 Å². The average molecular weight is 392 g/mol. The number of phenolic OH excluding ortho intramolecular Hbond substituents is 1. The Kier molecular flexibility index (Phi) is 7.52. The van der Waals surface area contributed by atoms with E-state index in [1.807, 2.05) is 36.4 Å². The molecule has 0 saturated carbocycles. The SMILES string of the molecule is CC(C)(C)c1cc([C@@H](N)[C@@H](O)Cc2ccccc2)c(O)c(C(C)(C)C)c1.Cl. The first kappa shape index (κ1) is 23.5. The second-order valence-corrected chi connectivity index (χ2v) is 9.24. The lowest BCUT2D eigenvalue weighted by Gasteiger charge is -2.30. The lowest BCUT2D eigenvalue weighted by molar-refractivity contribution is 0.143. The number of aliphatic hydroxyl groups is 1. The Bertz CT molecular complexity index is 745. The molecule has 4 heteroatoms. The minimum Gasteiger partial charge on any atom is -0.507 e. The van der Waals surface area contributed by atoms with Gasteiger partial charge in [-0.3, -0.25) is 0 Å². The third kappa shape index (κ3) is 5.71. The molecule has 0 saturated heterocycles. The van der Waals surface area contributed by atoms with Crippen molar-refractivity contribution in [2.75, 3.05) is 0 Å². The summed E-state index contributed by atoms with van der Waals surface area (Å²) in [6.07, 6.45) is -0.321. The van der Waals surface area contributed by atoms with E-state index < -0.39 is 12.1 Å². The second-order valence-electron chi connectivity index (χ2n) is 9.24. The lowest BCUT2D eigenvalue weighted by atomic mass is 9.77. The highest BCUT2D eigenvalue weighted by Gasteiger charge is 2.29. The summed E-state index contributed by atoms with van der Waals surface area (Å²) in [5.74, 6) is 0.199. The highest BCUT2D eigenvalue weighted by atomic mass is 35.5. The highest BCUT2D eigenvalue weighted by molar-refractivity contribution is 5.85. The van der Waals surface area contributed by atoms with Crippen molar-refractivity contribution in [1.82, 2.24) is 0 Å². The molecule has 0 heterocycles. The van der Waals surface area contributed by atoms with Gasteiger partial charge in [0.1, 0.15) is 5.75 Å². The quantitative estimate of drug-likeness (QED) is 0.686. The van der Waals surface area contributed by atoms with Crippen molar-refractivity contribution in [2.45, 2.75) is 70.9 Å². The molecule has 2 rings (SSSR count). The lowest BCUT2D eigenvalue weighted by Crippen LogP contribution is -2.29. The third-order valence-corrected chi connectivity index (χ3v) is 4.87. The van der Waals surface area contributed by atoms with Crippen LogP contribution in [0.4, 0.5) is 0 Å². The number of nitrogens with two attached hydrogens (primary N) is 1. The van der Waals surface area contributed by atoms with Gasteiger partial charge in [0.15, 0.2) is 0 Å². The normalized spacial score (nSPS) is 14.4. The van der Waals surface area contributed by atoms with Crippen LogP contribution >= 0.6 is 12.4 Å². The van der Waals surface area contributed by atoms with Crippen LogP contribution in [-0.4, -0.2) is 16.3 Å². The summed E-state index contributed by atoms with van der Waals surface area (Å²) in [4.78, 5) is 0. The van der Waals surface area contributed by atoms with Crippen LogP contribution < -0.4 is 5.73 Å². The topological polar surface area (TPSA) is 66.5 Å². The van der Waals surface area contributed by atoms with Gasteiger partial charge < -0.3 is 15.9 Å². The van der Waals surface area contributed by atoms with Gasteiger partial charge in [-0.15, -0.1) is 12.4 Å². The zero-order valence-corrected chi connectivity index (χ0v) is 18.1. The van der Waals surface area contributed by atoms with E-state index in [9.17, 15) is 10.2 Å². The summed E-state index contributed by atoms with van der Waals surface area (Å²) in [6.45, 7) is 12.6. The fourth-order valence-corrected chi connectivity index (χ4v) is 3.11. The van der Waals surface area contributed by atoms with E-state index >= 15 is 0 Å². The first-order valence-corrected chi connectivity index (χ1v) is 9.26. The van der Waals surface area contributed by atoms with Gasteiger partial charge in [-0.05, 0) is 33.6 Å². The van der Waals surface area contributed by atoms with E-state index in [1.165, 1.54) is 0 Å². The molecule has 2 aromatic carbocycles. The van der Waals surface area contributed by atoms with Gasteiger partial charge in [0, 0.05) is 12.0 Å². The first-order valence-electron chi connectivity index (χ1n) is 9.26.